The molecule has 1 aliphatic carbocycles. The van der Waals surface area contributed by atoms with Gasteiger partial charge in [-0.25, -0.2) is 0 Å². The summed E-state index contributed by atoms with van der Waals surface area (Å²) in [4.78, 5) is 0. The van der Waals surface area contributed by atoms with Crippen LogP contribution in [0.4, 0.5) is 0 Å². The molecule has 0 bridgehead atoms. The molecule has 0 saturated heterocycles. The molecule has 4 unspecified atom stereocenters. The third-order valence-electron chi connectivity index (χ3n) is 4.05. The minimum Gasteiger partial charge on any atom is -0.489 e. The highest BCUT2D eigenvalue weighted by atomic mass is 16.5. The molecule has 1 saturated carbocycles. The summed E-state index contributed by atoms with van der Waals surface area (Å²) >= 11 is 0. The van der Waals surface area contributed by atoms with E-state index in [4.69, 9.17) is 4.74 Å². The van der Waals surface area contributed by atoms with Crippen LogP contribution in [0.2, 0.25) is 0 Å². The lowest BCUT2D eigenvalue weighted by molar-refractivity contribution is 0.0507. The summed E-state index contributed by atoms with van der Waals surface area (Å²) in [6.45, 7) is 6.74. The van der Waals surface area contributed by atoms with Crippen LogP contribution in [-0.2, 0) is 0 Å². The lowest BCUT2D eigenvalue weighted by Gasteiger charge is -2.39. The van der Waals surface area contributed by atoms with E-state index >= 15 is 0 Å². The Kier molecular flexibility index (Phi) is 4.28. The summed E-state index contributed by atoms with van der Waals surface area (Å²) in [6.07, 6.45) is 2.75. The molecule has 100 valence electrons. The van der Waals surface area contributed by atoms with Crippen molar-refractivity contribution in [2.75, 3.05) is 7.05 Å². The van der Waals surface area contributed by atoms with Gasteiger partial charge in [-0.1, -0.05) is 31.5 Å². The van der Waals surface area contributed by atoms with Crippen LogP contribution in [0.1, 0.15) is 32.3 Å². The fourth-order valence-electron chi connectivity index (χ4n) is 3.08. The summed E-state index contributed by atoms with van der Waals surface area (Å²) in [7, 11) is 2.04. The van der Waals surface area contributed by atoms with Crippen molar-refractivity contribution < 1.29 is 4.74 Å². The molecule has 4 atom stereocenters. The maximum absolute atomic E-state index is 6.21. The molecule has 1 aliphatic rings. The zero-order valence-corrected chi connectivity index (χ0v) is 11.9. The van der Waals surface area contributed by atoms with Crippen molar-refractivity contribution in [2.24, 2.45) is 11.8 Å². The minimum atomic E-state index is 0.286. The molecule has 0 spiro atoms. The van der Waals surface area contributed by atoms with Crippen molar-refractivity contribution in [3.8, 4) is 5.75 Å². The van der Waals surface area contributed by atoms with Gasteiger partial charge in [-0.05, 0) is 50.8 Å². The Morgan fingerprint density at radius 3 is 2.39 bits per heavy atom. The Morgan fingerprint density at radius 1 is 1.11 bits per heavy atom. The number of benzene rings is 1. The zero-order chi connectivity index (χ0) is 13.1. The van der Waals surface area contributed by atoms with Gasteiger partial charge in [-0.3, -0.25) is 0 Å². The minimum absolute atomic E-state index is 0.286. The first-order valence-corrected chi connectivity index (χ1v) is 7.00. The molecule has 18 heavy (non-hydrogen) atoms. The van der Waals surface area contributed by atoms with E-state index in [0.717, 1.165) is 11.7 Å². The molecule has 0 aromatic heterocycles. The maximum atomic E-state index is 6.21. The normalized spacial score (nSPS) is 32.2. The van der Waals surface area contributed by atoms with E-state index in [0.29, 0.717) is 12.0 Å². The van der Waals surface area contributed by atoms with Gasteiger partial charge in [0.05, 0.1) is 0 Å². The van der Waals surface area contributed by atoms with Crippen LogP contribution in [0.15, 0.2) is 24.3 Å². The van der Waals surface area contributed by atoms with Crippen LogP contribution in [0.25, 0.3) is 0 Å². The third kappa shape index (κ3) is 3.05. The molecular weight excluding hydrogens is 222 g/mol. The molecule has 0 aliphatic heterocycles. The smallest absolute Gasteiger partial charge is 0.119 e. The van der Waals surface area contributed by atoms with E-state index < -0.39 is 0 Å². The van der Waals surface area contributed by atoms with E-state index in [1.807, 2.05) is 7.05 Å². The predicted octanol–water partition coefficient (Wildman–Crippen LogP) is 3.40. The average Bonchev–Trinajstić information content (AvgIpc) is 2.34. The van der Waals surface area contributed by atoms with E-state index in [1.165, 1.54) is 18.4 Å². The van der Waals surface area contributed by atoms with Crippen LogP contribution in [0.5, 0.6) is 5.75 Å². The highest BCUT2D eigenvalue weighted by Gasteiger charge is 2.34. The second kappa shape index (κ2) is 5.75. The van der Waals surface area contributed by atoms with Gasteiger partial charge in [-0.2, -0.15) is 0 Å². The summed E-state index contributed by atoms with van der Waals surface area (Å²) in [6, 6.07) is 8.84. The summed E-state index contributed by atoms with van der Waals surface area (Å²) in [5.41, 5.74) is 1.28. The molecule has 2 rings (SSSR count). The van der Waals surface area contributed by atoms with Crippen molar-refractivity contribution in [3.05, 3.63) is 29.8 Å². The third-order valence-corrected chi connectivity index (χ3v) is 4.05. The van der Waals surface area contributed by atoms with Crippen molar-refractivity contribution in [2.45, 2.75) is 45.8 Å². The number of aryl methyl sites for hydroxylation is 1. The average molecular weight is 247 g/mol. The number of likely N-dealkylation sites (N-methyl/N-ethyl adjacent to an activating group) is 1. The van der Waals surface area contributed by atoms with Crippen LogP contribution in [0, 0.1) is 18.8 Å². The first kappa shape index (κ1) is 13.4. The maximum Gasteiger partial charge on any atom is 0.119 e. The van der Waals surface area contributed by atoms with Gasteiger partial charge in [-0.15, -0.1) is 0 Å². The predicted molar refractivity (Wildman–Crippen MR) is 76.0 cm³/mol. The molecule has 0 amide bonds. The van der Waals surface area contributed by atoms with Crippen molar-refractivity contribution in [1.29, 1.82) is 0 Å². The number of hydrogen-bond donors (Lipinski definition) is 1. The Morgan fingerprint density at radius 2 is 1.78 bits per heavy atom. The van der Waals surface area contributed by atoms with Crippen LogP contribution < -0.4 is 10.1 Å². The van der Waals surface area contributed by atoms with Gasteiger partial charge < -0.3 is 10.1 Å². The fraction of sp³-hybridized carbons (Fsp3) is 0.625. The molecule has 1 aromatic rings. The Hall–Kier alpha value is -1.02. The van der Waals surface area contributed by atoms with Gasteiger partial charge >= 0.3 is 0 Å². The second-order valence-corrected chi connectivity index (χ2v) is 5.84. The van der Waals surface area contributed by atoms with E-state index in [1.54, 1.807) is 0 Å². The highest BCUT2D eigenvalue weighted by Crippen LogP contribution is 2.32. The van der Waals surface area contributed by atoms with Gasteiger partial charge in [0, 0.05) is 6.04 Å². The number of nitrogens with one attached hydrogen (secondary N) is 1. The van der Waals surface area contributed by atoms with Gasteiger partial charge in [0.25, 0.3) is 0 Å². The molecule has 1 aromatic carbocycles. The van der Waals surface area contributed by atoms with Crippen molar-refractivity contribution in [1.82, 2.24) is 5.32 Å². The molecule has 1 fully saturated rings. The Bertz CT molecular complexity index is 373. The first-order valence-electron chi connectivity index (χ1n) is 7.00. The Balaban J connectivity index is 2.08. The van der Waals surface area contributed by atoms with Crippen molar-refractivity contribution >= 4 is 0 Å². The second-order valence-electron chi connectivity index (χ2n) is 5.84. The van der Waals surface area contributed by atoms with Gasteiger partial charge in [0.2, 0.25) is 0 Å². The molecule has 0 radical (unpaired) electrons. The first-order chi connectivity index (χ1) is 8.60. The highest BCUT2D eigenvalue weighted by molar-refractivity contribution is 5.26. The van der Waals surface area contributed by atoms with Gasteiger partial charge in [0.1, 0.15) is 11.9 Å². The number of hydrogen-bond acceptors (Lipinski definition) is 2. The lowest BCUT2D eigenvalue weighted by Crippen LogP contribution is -2.49. The standard InChI is InChI=1S/C16H25NO/c1-11-5-7-14(8-6-11)18-16-13(3)9-12(2)10-15(16)17-4/h5-8,12-13,15-17H,9-10H2,1-4H3. The van der Waals surface area contributed by atoms with Crippen LogP contribution in [-0.4, -0.2) is 19.2 Å². The monoisotopic (exact) mass is 247 g/mol. The molecule has 0 heterocycles. The summed E-state index contributed by atoms with van der Waals surface area (Å²) < 4.78 is 6.21. The van der Waals surface area contributed by atoms with E-state index in [-0.39, 0.29) is 6.10 Å². The van der Waals surface area contributed by atoms with Crippen LogP contribution in [0.3, 0.4) is 0 Å². The van der Waals surface area contributed by atoms with Crippen molar-refractivity contribution in [3.63, 3.8) is 0 Å². The van der Waals surface area contributed by atoms with Gasteiger partial charge in [0.15, 0.2) is 0 Å². The summed E-state index contributed by atoms with van der Waals surface area (Å²) in [5.74, 6) is 2.38. The molecule has 1 N–H and O–H groups in total. The van der Waals surface area contributed by atoms with E-state index in [9.17, 15) is 0 Å². The summed E-state index contributed by atoms with van der Waals surface area (Å²) in [5, 5.41) is 3.42. The largest absolute Gasteiger partial charge is 0.489 e. The quantitative estimate of drug-likeness (QED) is 0.884. The molecule has 2 heteroatoms. The zero-order valence-electron chi connectivity index (χ0n) is 11.9. The van der Waals surface area contributed by atoms with E-state index in [2.05, 4.69) is 50.4 Å². The topological polar surface area (TPSA) is 21.3 Å². The number of rotatable bonds is 3. The number of ether oxygens (including phenoxy) is 1. The SMILES string of the molecule is CNC1CC(C)CC(C)C1Oc1ccc(C)cc1. The molecule has 2 nitrogen and oxygen atoms in total. The molecular formula is C16H25NO. The van der Waals surface area contributed by atoms with Crippen LogP contribution >= 0.6 is 0 Å². The Labute approximate surface area is 111 Å². The fourth-order valence-corrected chi connectivity index (χ4v) is 3.08. The lowest BCUT2D eigenvalue weighted by atomic mass is 9.78.